The first kappa shape index (κ1) is 20.9. The number of carbonyl (C=O) groups excluding carboxylic acids is 2. The molecular formula is C20H24N4O4. The molecule has 0 unspecified atom stereocenters. The Morgan fingerprint density at radius 1 is 1.07 bits per heavy atom. The fraction of sp³-hybridized carbons (Fsp3) is 0.300. The zero-order chi connectivity index (χ0) is 20.5. The van der Waals surface area contributed by atoms with Crippen molar-refractivity contribution in [2.45, 2.75) is 19.4 Å². The molecule has 0 aliphatic rings. The van der Waals surface area contributed by atoms with Crippen molar-refractivity contribution in [3.8, 4) is 0 Å². The van der Waals surface area contributed by atoms with E-state index in [1.165, 1.54) is 12.1 Å². The molecule has 0 fully saturated rings. The van der Waals surface area contributed by atoms with Crippen LogP contribution in [0, 0.1) is 10.1 Å². The quantitative estimate of drug-likeness (QED) is 0.393. The first-order chi connectivity index (χ1) is 13.4. The number of rotatable bonds is 9. The zero-order valence-electron chi connectivity index (χ0n) is 16.0. The SMILES string of the molecule is CNC(=O)c1ccc(CN(C)C(=O)CCCNc2ccc([N+](=O)[O-])cc2)cc1. The standard InChI is InChI=1S/C20H24N4O4/c1-21-20(26)16-7-5-15(6-8-16)14-23(2)19(25)4-3-13-22-17-9-11-18(12-10-17)24(27)28/h5-12,22H,3-4,13-14H2,1-2H3,(H,21,26). The van der Waals surface area contributed by atoms with Gasteiger partial charge < -0.3 is 15.5 Å². The van der Waals surface area contributed by atoms with Gasteiger partial charge in [-0.2, -0.15) is 0 Å². The number of non-ortho nitro benzene ring substituents is 1. The Morgan fingerprint density at radius 2 is 1.71 bits per heavy atom. The summed E-state index contributed by atoms with van der Waals surface area (Å²) in [5, 5.41) is 16.3. The molecule has 2 N–H and O–H groups in total. The molecule has 2 rings (SSSR count). The normalized spacial score (nSPS) is 10.2. The van der Waals surface area contributed by atoms with E-state index in [1.54, 1.807) is 43.3 Å². The molecule has 0 aromatic heterocycles. The molecule has 8 heteroatoms. The lowest BCUT2D eigenvalue weighted by molar-refractivity contribution is -0.384. The minimum absolute atomic E-state index is 0.0286. The maximum atomic E-state index is 12.3. The Labute approximate surface area is 163 Å². The molecular weight excluding hydrogens is 360 g/mol. The summed E-state index contributed by atoms with van der Waals surface area (Å²) >= 11 is 0. The van der Waals surface area contributed by atoms with Crippen molar-refractivity contribution in [2.24, 2.45) is 0 Å². The summed E-state index contributed by atoms with van der Waals surface area (Å²) in [6.45, 7) is 1.07. The van der Waals surface area contributed by atoms with Gasteiger partial charge in [-0.15, -0.1) is 0 Å². The number of nitro groups is 1. The molecule has 2 aromatic carbocycles. The topological polar surface area (TPSA) is 105 Å². The van der Waals surface area contributed by atoms with Crippen LogP contribution in [0.2, 0.25) is 0 Å². The van der Waals surface area contributed by atoms with Gasteiger partial charge in [-0.1, -0.05) is 12.1 Å². The molecule has 0 heterocycles. The van der Waals surface area contributed by atoms with E-state index >= 15 is 0 Å². The Bertz CT molecular complexity index is 819. The van der Waals surface area contributed by atoms with Crippen molar-refractivity contribution in [1.82, 2.24) is 10.2 Å². The van der Waals surface area contributed by atoms with Crippen molar-refractivity contribution in [1.29, 1.82) is 0 Å². The fourth-order valence-corrected chi connectivity index (χ4v) is 2.63. The third-order valence-corrected chi connectivity index (χ3v) is 4.26. The van der Waals surface area contributed by atoms with Crippen LogP contribution in [0.1, 0.15) is 28.8 Å². The molecule has 0 aliphatic heterocycles. The van der Waals surface area contributed by atoms with E-state index in [0.29, 0.717) is 31.5 Å². The van der Waals surface area contributed by atoms with E-state index in [-0.39, 0.29) is 17.5 Å². The van der Waals surface area contributed by atoms with Gasteiger partial charge in [0.2, 0.25) is 5.91 Å². The van der Waals surface area contributed by atoms with Gasteiger partial charge in [-0.25, -0.2) is 0 Å². The molecule has 0 bridgehead atoms. The van der Waals surface area contributed by atoms with Crippen LogP contribution in [0.25, 0.3) is 0 Å². The lowest BCUT2D eigenvalue weighted by atomic mass is 10.1. The van der Waals surface area contributed by atoms with Crippen LogP contribution in [-0.2, 0) is 11.3 Å². The van der Waals surface area contributed by atoms with Gasteiger partial charge >= 0.3 is 0 Å². The van der Waals surface area contributed by atoms with Gasteiger partial charge in [0.1, 0.15) is 0 Å². The highest BCUT2D eigenvalue weighted by Gasteiger charge is 2.10. The zero-order valence-corrected chi connectivity index (χ0v) is 16.0. The van der Waals surface area contributed by atoms with E-state index < -0.39 is 4.92 Å². The van der Waals surface area contributed by atoms with Gasteiger partial charge in [-0.3, -0.25) is 19.7 Å². The van der Waals surface area contributed by atoms with Gasteiger partial charge in [0, 0.05) is 57.0 Å². The molecule has 0 spiro atoms. The van der Waals surface area contributed by atoms with Crippen LogP contribution in [0.3, 0.4) is 0 Å². The first-order valence-corrected chi connectivity index (χ1v) is 8.94. The number of hydrogen-bond donors (Lipinski definition) is 2. The molecule has 2 aromatic rings. The van der Waals surface area contributed by atoms with E-state index in [0.717, 1.165) is 11.3 Å². The maximum absolute atomic E-state index is 12.3. The van der Waals surface area contributed by atoms with Crippen LogP contribution in [-0.4, -0.2) is 42.3 Å². The average Bonchev–Trinajstić information content (AvgIpc) is 2.71. The number of hydrogen-bond acceptors (Lipinski definition) is 5. The second-order valence-electron chi connectivity index (χ2n) is 6.36. The maximum Gasteiger partial charge on any atom is 0.269 e. The molecule has 28 heavy (non-hydrogen) atoms. The van der Waals surface area contributed by atoms with Crippen LogP contribution >= 0.6 is 0 Å². The van der Waals surface area contributed by atoms with Gasteiger partial charge in [0.05, 0.1) is 4.92 Å². The molecule has 0 saturated heterocycles. The van der Waals surface area contributed by atoms with Crippen LogP contribution < -0.4 is 10.6 Å². The molecule has 148 valence electrons. The number of amides is 2. The summed E-state index contributed by atoms with van der Waals surface area (Å²) in [6, 6.07) is 13.3. The summed E-state index contributed by atoms with van der Waals surface area (Å²) in [5.41, 5.74) is 2.36. The van der Waals surface area contributed by atoms with E-state index in [9.17, 15) is 19.7 Å². The summed E-state index contributed by atoms with van der Waals surface area (Å²) in [7, 11) is 3.33. The van der Waals surface area contributed by atoms with Crippen molar-refractivity contribution in [3.05, 3.63) is 69.8 Å². The Balaban J connectivity index is 1.73. The molecule has 2 amide bonds. The van der Waals surface area contributed by atoms with E-state index in [2.05, 4.69) is 10.6 Å². The monoisotopic (exact) mass is 384 g/mol. The second-order valence-corrected chi connectivity index (χ2v) is 6.36. The van der Waals surface area contributed by atoms with E-state index in [1.807, 2.05) is 12.1 Å². The molecule has 0 saturated carbocycles. The Kier molecular flexibility index (Phi) is 7.50. The number of nitrogens with one attached hydrogen (secondary N) is 2. The third-order valence-electron chi connectivity index (χ3n) is 4.26. The van der Waals surface area contributed by atoms with Gasteiger partial charge in [0.25, 0.3) is 11.6 Å². The Hall–Kier alpha value is -3.42. The number of carbonyl (C=O) groups is 2. The van der Waals surface area contributed by atoms with Crippen LogP contribution in [0.15, 0.2) is 48.5 Å². The molecule has 8 nitrogen and oxygen atoms in total. The summed E-state index contributed by atoms with van der Waals surface area (Å²) in [5.74, 6) is -0.114. The van der Waals surface area contributed by atoms with Crippen molar-refractivity contribution in [3.63, 3.8) is 0 Å². The fourth-order valence-electron chi connectivity index (χ4n) is 2.63. The minimum atomic E-state index is -0.440. The van der Waals surface area contributed by atoms with Crippen LogP contribution in [0.5, 0.6) is 0 Å². The predicted octanol–water partition coefficient (Wildman–Crippen LogP) is 2.81. The number of nitrogens with zero attached hydrogens (tertiary/aromatic N) is 2. The van der Waals surface area contributed by atoms with Gasteiger partial charge in [-0.05, 0) is 36.2 Å². The highest BCUT2D eigenvalue weighted by atomic mass is 16.6. The summed E-state index contributed by atoms with van der Waals surface area (Å²) < 4.78 is 0. The summed E-state index contributed by atoms with van der Waals surface area (Å²) in [6.07, 6.45) is 1.04. The highest BCUT2D eigenvalue weighted by molar-refractivity contribution is 5.93. The Morgan fingerprint density at radius 3 is 2.29 bits per heavy atom. The lowest BCUT2D eigenvalue weighted by Gasteiger charge is -2.17. The molecule has 0 radical (unpaired) electrons. The van der Waals surface area contributed by atoms with E-state index in [4.69, 9.17) is 0 Å². The second kappa shape index (κ2) is 10.1. The molecule has 0 atom stereocenters. The first-order valence-electron chi connectivity index (χ1n) is 8.94. The lowest BCUT2D eigenvalue weighted by Crippen LogP contribution is -2.26. The molecule has 0 aliphatic carbocycles. The minimum Gasteiger partial charge on any atom is -0.385 e. The van der Waals surface area contributed by atoms with Crippen molar-refractivity contribution >= 4 is 23.2 Å². The largest absolute Gasteiger partial charge is 0.385 e. The van der Waals surface area contributed by atoms with Gasteiger partial charge in [0.15, 0.2) is 0 Å². The smallest absolute Gasteiger partial charge is 0.269 e. The average molecular weight is 384 g/mol. The number of nitro benzene ring substituents is 1. The van der Waals surface area contributed by atoms with Crippen LogP contribution in [0.4, 0.5) is 11.4 Å². The number of anilines is 1. The predicted molar refractivity (Wildman–Crippen MR) is 107 cm³/mol. The van der Waals surface area contributed by atoms with Crippen molar-refractivity contribution < 1.29 is 14.5 Å². The number of benzene rings is 2. The third kappa shape index (κ3) is 6.08. The highest BCUT2D eigenvalue weighted by Crippen LogP contribution is 2.15. The summed E-state index contributed by atoms with van der Waals surface area (Å²) in [4.78, 5) is 35.6. The van der Waals surface area contributed by atoms with Crippen molar-refractivity contribution in [2.75, 3.05) is 26.0 Å².